The van der Waals surface area contributed by atoms with E-state index in [0.717, 1.165) is 30.3 Å². The average Bonchev–Trinajstić information content (AvgIpc) is 2.54. The van der Waals surface area contributed by atoms with Crippen molar-refractivity contribution in [2.75, 3.05) is 18.0 Å². The molecule has 2 rings (SSSR count). The van der Waals surface area contributed by atoms with Crippen LogP contribution in [0.15, 0.2) is 18.5 Å². The standard InChI is InChI=1S/C13H17N3/c1-11-3-2-7-16(8-5-11)13-10-15-6-4-12(13)9-14/h4,6,10-11H,2-3,5,7-8H2,1H3. The number of aromatic nitrogens is 1. The molecular formula is C13H17N3. The molecule has 3 nitrogen and oxygen atoms in total. The Hall–Kier alpha value is -1.56. The third-order valence-corrected chi connectivity index (χ3v) is 3.28. The molecule has 16 heavy (non-hydrogen) atoms. The van der Waals surface area contributed by atoms with Crippen molar-refractivity contribution < 1.29 is 0 Å². The Balaban J connectivity index is 2.20. The van der Waals surface area contributed by atoms with Gasteiger partial charge in [0.1, 0.15) is 6.07 Å². The van der Waals surface area contributed by atoms with Crippen LogP contribution in [0, 0.1) is 17.2 Å². The van der Waals surface area contributed by atoms with Crippen LogP contribution in [0.1, 0.15) is 31.7 Å². The second-order valence-electron chi connectivity index (χ2n) is 4.53. The number of nitriles is 1. The first-order valence-electron chi connectivity index (χ1n) is 5.90. The minimum absolute atomic E-state index is 0.740. The maximum atomic E-state index is 9.07. The van der Waals surface area contributed by atoms with Crippen LogP contribution in [-0.4, -0.2) is 18.1 Å². The molecule has 0 saturated carbocycles. The average molecular weight is 215 g/mol. The molecule has 1 aromatic rings. The molecule has 0 N–H and O–H groups in total. The molecule has 0 spiro atoms. The van der Waals surface area contributed by atoms with Gasteiger partial charge in [-0.2, -0.15) is 5.26 Å². The van der Waals surface area contributed by atoms with Crippen molar-refractivity contribution in [2.24, 2.45) is 5.92 Å². The van der Waals surface area contributed by atoms with E-state index in [-0.39, 0.29) is 0 Å². The fourth-order valence-corrected chi connectivity index (χ4v) is 2.24. The van der Waals surface area contributed by atoms with E-state index < -0.39 is 0 Å². The zero-order valence-corrected chi connectivity index (χ0v) is 9.69. The van der Waals surface area contributed by atoms with Gasteiger partial charge < -0.3 is 4.90 Å². The molecule has 0 bridgehead atoms. The second-order valence-corrected chi connectivity index (χ2v) is 4.53. The van der Waals surface area contributed by atoms with Crippen LogP contribution >= 0.6 is 0 Å². The third-order valence-electron chi connectivity index (χ3n) is 3.28. The molecule has 0 amide bonds. The summed E-state index contributed by atoms with van der Waals surface area (Å²) in [6.07, 6.45) is 7.20. The summed E-state index contributed by atoms with van der Waals surface area (Å²) in [4.78, 5) is 6.43. The molecule has 1 aliphatic heterocycles. The summed E-state index contributed by atoms with van der Waals surface area (Å²) in [6, 6.07) is 4.04. The smallest absolute Gasteiger partial charge is 0.101 e. The lowest BCUT2D eigenvalue weighted by Crippen LogP contribution is -2.25. The van der Waals surface area contributed by atoms with Gasteiger partial charge in [-0.25, -0.2) is 0 Å². The molecule has 0 aromatic carbocycles. The number of nitrogens with zero attached hydrogens (tertiary/aromatic N) is 3. The van der Waals surface area contributed by atoms with Crippen LogP contribution in [0.4, 0.5) is 5.69 Å². The van der Waals surface area contributed by atoms with Gasteiger partial charge in [-0.3, -0.25) is 4.98 Å². The fraction of sp³-hybridized carbons (Fsp3) is 0.538. The van der Waals surface area contributed by atoms with Gasteiger partial charge in [0, 0.05) is 19.3 Å². The number of hydrogen-bond acceptors (Lipinski definition) is 3. The quantitative estimate of drug-likeness (QED) is 0.723. The minimum atomic E-state index is 0.740. The molecule has 0 radical (unpaired) electrons. The Bertz CT molecular complexity index is 394. The summed E-state index contributed by atoms with van der Waals surface area (Å²) in [5.41, 5.74) is 1.74. The van der Waals surface area contributed by atoms with Gasteiger partial charge in [-0.15, -0.1) is 0 Å². The van der Waals surface area contributed by atoms with E-state index in [4.69, 9.17) is 5.26 Å². The fourth-order valence-electron chi connectivity index (χ4n) is 2.24. The molecule has 84 valence electrons. The third kappa shape index (κ3) is 2.33. The Morgan fingerprint density at radius 3 is 3.12 bits per heavy atom. The first-order valence-corrected chi connectivity index (χ1v) is 5.90. The summed E-state index contributed by atoms with van der Waals surface area (Å²) >= 11 is 0. The maximum Gasteiger partial charge on any atom is 0.101 e. The van der Waals surface area contributed by atoms with Gasteiger partial charge in [-0.05, 0) is 31.2 Å². The molecule has 1 fully saturated rings. The van der Waals surface area contributed by atoms with Crippen molar-refractivity contribution >= 4 is 5.69 Å². The Morgan fingerprint density at radius 1 is 1.44 bits per heavy atom. The van der Waals surface area contributed by atoms with E-state index in [9.17, 15) is 0 Å². The molecule has 1 saturated heterocycles. The van der Waals surface area contributed by atoms with E-state index in [1.54, 1.807) is 12.3 Å². The van der Waals surface area contributed by atoms with Crippen molar-refractivity contribution in [3.05, 3.63) is 24.0 Å². The van der Waals surface area contributed by atoms with Crippen LogP contribution in [0.2, 0.25) is 0 Å². The lowest BCUT2D eigenvalue weighted by Gasteiger charge is -2.23. The van der Waals surface area contributed by atoms with Crippen molar-refractivity contribution in [3.63, 3.8) is 0 Å². The number of pyridine rings is 1. The van der Waals surface area contributed by atoms with Crippen molar-refractivity contribution in [1.29, 1.82) is 5.26 Å². The topological polar surface area (TPSA) is 39.9 Å². The van der Waals surface area contributed by atoms with E-state index >= 15 is 0 Å². The van der Waals surface area contributed by atoms with Crippen LogP contribution < -0.4 is 4.90 Å². The van der Waals surface area contributed by atoms with Crippen molar-refractivity contribution in [3.8, 4) is 6.07 Å². The normalized spacial score (nSPS) is 21.2. The maximum absolute atomic E-state index is 9.07. The zero-order valence-electron chi connectivity index (χ0n) is 9.69. The molecule has 3 heteroatoms. The van der Waals surface area contributed by atoms with Gasteiger partial charge in [0.25, 0.3) is 0 Å². The number of anilines is 1. The van der Waals surface area contributed by atoms with Gasteiger partial charge in [-0.1, -0.05) is 6.92 Å². The molecule has 1 aromatic heterocycles. The summed E-state index contributed by atoms with van der Waals surface area (Å²) in [6.45, 7) is 4.39. The lowest BCUT2D eigenvalue weighted by atomic mass is 10.0. The second kappa shape index (κ2) is 4.98. The molecule has 1 aliphatic rings. The molecule has 2 heterocycles. The highest BCUT2D eigenvalue weighted by Gasteiger charge is 2.16. The first kappa shape index (κ1) is 10.9. The van der Waals surface area contributed by atoms with E-state index in [0.29, 0.717) is 0 Å². The van der Waals surface area contributed by atoms with Gasteiger partial charge >= 0.3 is 0 Å². The van der Waals surface area contributed by atoms with E-state index in [1.807, 2.05) is 6.20 Å². The van der Waals surface area contributed by atoms with E-state index in [2.05, 4.69) is 22.9 Å². The number of hydrogen-bond donors (Lipinski definition) is 0. The van der Waals surface area contributed by atoms with Crippen LogP contribution in [0.25, 0.3) is 0 Å². The molecule has 1 atom stereocenters. The van der Waals surface area contributed by atoms with E-state index in [1.165, 1.54) is 19.3 Å². The summed E-state index contributed by atoms with van der Waals surface area (Å²) in [5.74, 6) is 0.798. The zero-order chi connectivity index (χ0) is 11.4. The van der Waals surface area contributed by atoms with Crippen molar-refractivity contribution in [2.45, 2.75) is 26.2 Å². The van der Waals surface area contributed by atoms with Crippen molar-refractivity contribution in [1.82, 2.24) is 4.98 Å². The molecule has 0 aliphatic carbocycles. The summed E-state index contributed by atoms with van der Waals surface area (Å²) in [5, 5.41) is 9.07. The Kier molecular flexibility index (Phi) is 3.40. The highest BCUT2D eigenvalue weighted by molar-refractivity contribution is 5.57. The largest absolute Gasteiger partial charge is 0.369 e. The van der Waals surface area contributed by atoms with Crippen LogP contribution in [-0.2, 0) is 0 Å². The number of rotatable bonds is 1. The molecule has 1 unspecified atom stereocenters. The molecular weight excluding hydrogens is 198 g/mol. The lowest BCUT2D eigenvalue weighted by molar-refractivity contribution is 0.521. The van der Waals surface area contributed by atoms with Crippen LogP contribution in [0.3, 0.4) is 0 Å². The predicted molar refractivity (Wildman–Crippen MR) is 64.2 cm³/mol. The summed E-state index contributed by atoms with van der Waals surface area (Å²) in [7, 11) is 0. The monoisotopic (exact) mass is 215 g/mol. The predicted octanol–water partition coefficient (Wildman–Crippen LogP) is 2.58. The highest BCUT2D eigenvalue weighted by atomic mass is 15.1. The van der Waals surface area contributed by atoms with Crippen LogP contribution in [0.5, 0.6) is 0 Å². The summed E-state index contributed by atoms with van der Waals surface area (Å²) < 4.78 is 0. The SMILES string of the molecule is CC1CCCN(c2cnccc2C#N)CC1. The van der Waals surface area contributed by atoms with Gasteiger partial charge in [0.15, 0.2) is 0 Å². The highest BCUT2D eigenvalue weighted by Crippen LogP contribution is 2.24. The van der Waals surface area contributed by atoms with Gasteiger partial charge in [0.05, 0.1) is 17.4 Å². The minimum Gasteiger partial charge on any atom is -0.369 e. The Morgan fingerprint density at radius 2 is 2.31 bits per heavy atom. The Labute approximate surface area is 96.7 Å². The van der Waals surface area contributed by atoms with Gasteiger partial charge in [0.2, 0.25) is 0 Å². The first-order chi connectivity index (χ1) is 7.81.